The van der Waals surface area contributed by atoms with Gasteiger partial charge in [0.25, 0.3) is 5.91 Å². The third-order valence-electron chi connectivity index (χ3n) is 3.81. The number of hydrogen-bond acceptors (Lipinski definition) is 4. The Kier molecular flexibility index (Phi) is 4.60. The Hall–Kier alpha value is -1.75. The fourth-order valence-corrected chi connectivity index (χ4v) is 3.44. The lowest BCUT2D eigenvalue weighted by Crippen LogP contribution is -2.34. The number of aromatic nitrogens is 2. The van der Waals surface area contributed by atoms with Crippen molar-refractivity contribution >= 4 is 17.2 Å². The van der Waals surface area contributed by atoms with Crippen molar-refractivity contribution in [2.24, 2.45) is 0 Å². The first-order valence-electron chi connectivity index (χ1n) is 7.51. The van der Waals surface area contributed by atoms with Crippen LogP contribution in [0.15, 0.2) is 29.8 Å². The van der Waals surface area contributed by atoms with E-state index in [1.165, 1.54) is 37.0 Å². The maximum absolute atomic E-state index is 12.3. The number of pyridine rings is 1. The molecule has 0 aromatic carbocycles. The normalized spacial score (nSPS) is 16.4. The van der Waals surface area contributed by atoms with Crippen molar-refractivity contribution in [1.82, 2.24) is 15.3 Å². The molecule has 21 heavy (non-hydrogen) atoms. The van der Waals surface area contributed by atoms with Gasteiger partial charge in [0, 0.05) is 17.6 Å². The maximum atomic E-state index is 12.3. The van der Waals surface area contributed by atoms with Crippen molar-refractivity contribution in [3.05, 3.63) is 35.5 Å². The highest BCUT2D eigenvalue weighted by molar-refractivity contribution is 7.13. The fourth-order valence-electron chi connectivity index (χ4n) is 2.67. The highest BCUT2D eigenvalue weighted by Gasteiger charge is 2.18. The average Bonchev–Trinajstić information content (AvgIpc) is 2.88. The van der Waals surface area contributed by atoms with E-state index < -0.39 is 0 Å². The molecule has 0 unspecified atom stereocenters. The standard InChI is InChI=1S/C16H19N3OS/c20-15(18-12-7-3-1-2-4-8-12)14-11-21-16(19-14)13-9-5-6-10-17-13/h5-6,9-12H,1-4,7-8H2,(H,18,20). The van der Waals surface area contributed by atoms with Gasteiger partial charge in [-0.05, 0) is 25.0 Å². The van der Waals surface area contributed by atoms with Crippen LogP contribution in [0.3, 0.4) is 0 Å². The Morgan fingerprint density at radius 1 is 1.19 bits per heavy atom. The van der Waals surface area contributed by atoms with Crippen LogP contribution in [0.2, 0.25) is 0 Å². The molecule has 1 fully saturated rings. The van der Waals surface area contributed by atoms with E-state index in [1.54, 1.807) is 6.20 Å². The second kappa shape index (κ2) is 6.80. The summed E-state index contributed by atoms with van der Waals surface area (Å²) in [6, 6.07) is 6.01. The molecular formula is C16H19N3OS. The lowest BCUT2D eigenvalue weighted by Gasteiger charge is -2.15. The highest BCUT2D eigenvalue weighted by Crippen LogP contribution is 2.22. The van der Waals surface area contributed by atoms with Crippen molar-refractivity contribution in [1.29, 1.82) is 0 Å². The van der Waals surface area contributed by atoms with Crippen LogP contribution in [0.5, 0.6) is 0 Å². The van der Waals surface area contributed by atoms with Gasteiger partial charge in [-0.15, -0.1) is 11.3 Å². The van der Waals surface area contributed by atoms with Gasteiger partial charge in [-0.3, -0.25) is 9.78 Å². The summed E-state index contributed by atoms with van der Waals surface area (Å²) >= 11 is 1.46. The van der Waals surface area contributed by atoms with E-state index in [0.29, 0.717) is 11.7 Å². The zero-order chi connectivity index (χ0) is 14.5. The molecule has 0 aliphatic heterocycles. The quantitative estimate of drug-likeness (QED) is 0.880. The molecule has 3 rings (SSSR count). The van der Waals surface area contributed by atoms with Crippen LogP contribution >= 0.6 is 11.3 Å². The third kappa shape index (κ3) is 3.67. The van der Waals surface area contributed by atoms with E-state index in [-0.39, 0.29) is 5.91 Å². The van der Waals surface area contributed by atoms with Crippen molar-refractivity contribution in [2.75, 3.05) is 0 Å². The van der Waals surface area contributed by atoms with E-state index in [9.17, 15) is 4.79 Å². The summed E-state index contributed by atoms with van der Waals surface area (Å²) in [5.41, 5.74) is 1.32. The number of hydrogen-bond donors (Lipinski definition) is 1. The molecule has 0 spiro atoms. The van der Waals surface area contributed by atoms with Crippen LogP contribution in [0.4, 0.5) is 0 Å². The monoisotopic (exact) mass is 301 g/mol. The molecule has 1 aliphatic rings. The van der Waals surface area contributed by atoms with Crippen LogP contribution in [-0.4, -0.2) is 21.9 Å². The summed E-state index contributed by atoms with van der Waals surface area (Å²) in [6.07, 6.45) is 8.90. The van der Waals surface area contributed by atoms with Crippen LogP contribution in [-0.2, 0) is 0 Å². The topological polar surface area (TPSA) is 54.9 Å². The Balaban J connectivity index is 1.66. The number of rotatable bonds is 3. The van der Waals surface area contributed by atoms with Gasteiger partial charge in [-0.25, -0.2) is 4.98 Å². The Morgan fingerprint density at radius 3 is 2.71 bits per heavy atom. The van der Waals surface area contributed by atoms with Crippen molar-refractivity contribution in [3.63, 3.8) is 0 Å². The lowest BCUT2D eigenvalue weighted by molar-refractivity contribution is 0.0929. The molecule has 0 atom stereocenters. The molecule has 1 N–H and O–H groups in total. The molecule has 4 nitrogen and oxygen atoms in total. The summed E-state index contributed by atoms with van der Waals surface area (Å²) in [5, 5.41) is 5.73. The zero-order valence-electron chi connectivity index (χ0n) is 11.9. The van der Waals surface area contributed by atoms with Crippen molar-refractivity contribution in [2.45, 2.75) is 44.6 Å². The molecule has 2 heterocycles. The molecule has 0 saturated heterocycles. The number of amides is 1. The molecular weight excluding hydrogens is 282 g/mol. The Bertz CT molecular complexity index is 589. The maximum Gasteiger partial charge on any atom is 0.270 e. The van der Waals surface area contributed by atoms with Gasteiger partial charge in [0.1, 0.15) is 10.7 Å². The molecule has 0 radical (unpaired) electrons. The fraction of sp³-hybridized carbons (Fsp3) is 0.438. The highest BCUT2D eigenvalue weighted by atomic mass is 32.1. The van der Waals surface area contributed by atoms with Gasteiger partial charge in [0.05, 0.1) is 5.69 Å². The zero-order valence-corrected chi connectivity index (χ0v) is 12.7. The number of nitrogens with one attached hydrogen (secondary N) is 1. The van der Waals surface area contributed by atoms with Crippen molar-refractivity contribution in [3.8, 4) is 10.7 Å². The first-order valence-corrected chi connectivity index (χ1v) is 8.39. The Morgan fingerprint density at radius 2 is 2.00 bits per heavy atom. The smallest absolute Gasteiger partial charge is 0.270 e. The minimum atomic E-state index is -0.0552. The minimum Gasteiger partial charge on any atom is -0.348 e. The van der Waals surface area contributed by atoms with E-state index in [4.69, 9.17) is 0 Å². The number of carbonyl (C=O) groups is 1. The van der Waals surface area contributed by atoms with Gasteiger partial charge >= 0.3 is 0 Å². The summed E-state index contributed by atoms with van der Waals surface area (Å²) in [7, 11) is 0. The van der Waals surface area contributed by atoms with Crippen molar-refractivity contribution < 1.29 is 4.79 Å². The second-order valence-corrected chi connectivity index (χ2v) is 6.27. The first-order chi connectivity index (χ1) is 10.3. The second-order valence-electron chi connectivity index (χ2n) is 5.41. The molecule has 1 amide bonds. The van der Waals surface area contributed by atoms with Gasteiger partial charge in [0.15, 0.2) is 0 Å². The minimum absolute atomic E-state index is 0.0552. The number of thiazole rings is 1. The summed E-state index contributed by atoms with van der Waals surface area (Å²) < 4.78 is 0. The van der Waals surface area contributed by atoms with Crippen LogP contribution < -0.4 is 5.32 Å². The molecule has 1 aliphatic carbocycles. The van der Waals surface area contributed by atoms with Crippen LogP contribution in [0.25, 0.3) is 10.7 Å². The van der Waals surface area contributed by atoms with Crippen LogP contribution in [0, 0.1) is 0 Å². The van der Waals surface area contributed by atoms with Gasteiger partial charge in [-0.1, -0.05) is 31.7 Å². The first kappa shape index (κ1) is 14.2. The predicted octanol–water partition coefficient (Wildman–Crippen LogP) is 3.66. The molecule has 110 valence electrons. The van der Waals surface area contributed by atoms with Gasteiger partial charge < -0.3 is 5.32 Å². The molecule has 0 bridgehead atoms. The third-order valence-corrected chi connectivity index (χ3v) is 4.68. The van der Waals surface area contributed by atoms with E-state index in [1.807, 2.05) is 23.6 Å². The summed E-state index contributed by atoms with van der Waals surface area (Å²) in [4.78, 5) is 21.0. The van der Waals surface area contributed by atoms with Crippen LogP contribution in [0.1, 0.15) is 49.0 Å². The predicted molar refractivity (Wildman–Crippen MR) is 84.3 cm³/mol. The molecule has 2 aromatic rings. The van der Waals surface area contributed by atoms with E-state index in [2.05, 4.69) is 15.3 Å². The van der Waals surface area contributed by atoms with Gasteiger partial charge in [0.2, 0.25) is 0 Å². The summed E-state index contributed by atoms with van der Waals surface area (Å²) in [5.74, 6) is -0.0552. The summed E-state index contributed by atoms with van der Waals surface area (Å²) in [6.45, 7) is 0. The number of carbonyl (C=O) groups excluding carboxylic acids is 1. The molecule has 2 aromatic heterocycles. The van der Waals surface area contributed by atoms with E-state index >= 15 is 0 Å². The molecule has 5 heteroatoms. The average molecular weight is 301 g/mol. The lowest BCUT2D eigenvalue weighted by atomic mass is 10.1. The largest absolute Gasteiger partial charge is 0.348 e. The number of nitrogens with zero attached hydrogens (tertiary/aromatic N) is 2. The van der Waals surface area contributed by atoms with E-state index in [0.717, 1.165) is 23.5 Å². The molecule has 1 saturated carbocycles. The van der Waals surface area contributed by atoms with Gasteiger partial charge in [-0.2, -0.15) is 0 Å². The SMILES string of the molecule is O=C(NC1CCCCCC1)c1csc(-c2ccccn2)n1. The Labute approximate surface area is 128 Å².